The highest BCUT2D eigenvalue weighted by molar-refractivity contribution is 7.20. The fourth-order valence-corrected chi connectivity index (χ4v) is 3.67. The molecule has 0 fully saturated rings. The fourth-order valence-electron chi connectivity index (χ4n) is 1.63. The van der Waals surface area contributed by atoms with Crippen LogP contribution in [0, 0.1) is 5.92 Å². The van der Waals surface area contributed by atoms with Crippen molar-refractivity contribution in [3.8, 4) is 10.0 Å². The summed E-state index contributed by atoms with van der Waals surface area (Å²) in [5, 5.41) is 13.6. The molecule has 0 saturated heterocycles. The number of aromatic nitrogens is 2. The van der Waals surface area contributed by atoms with E-state index in [2.05, 4.69) is 23.8 Å². The van der Waals surface area contributed by atoms with E-state index in [1.54, 1.807) is 35.8 Å². The monoisotopic (exact) mass is 268 g/mol. The molecule has 0 bridgehead atoms. The second-order valence-corrected chi connectivity index (χ2v) is 6.42. The minimum atomic E-state index is -0.506. The van der Waals surface area contributed by atoms with Gasteiger partial charge in [0.15, 0.2) is 10.0 Å². The van der Waals surface area contributed by atoms with Crippen LogP contribution in [0.2, 0.25) is 0 Å². The van der Waals surface area contributed by atoms with Crippen LogP contribution in [0.4, 0.5) is 0 Å². The lowest BCUT2D eigenvalue weighted by molar-refractivity contribution is 0.194. The first-order valence-corrected chi connectivity index (χ1v) is 7.35. The largest absolute Gasteiger partial charge is 0.387 e. The van der Waals surface area contributed by atoms with Crippen molar-refractivity contribution in [2.75, 3.05) is 0 Å². The van der Waals surface area contributed by atoms with Gasteiger partial charge in [0, 0.05) is 16.5 Å². The molecule has 0 aromatic carbocycles. The van der Waals surface area contributed by atoms with Crippen molar-refractivity contribution < 1.29 is 5.11 Å². The SMILES string of the molecule is CC(C)Cc1sc(-c2nccs2)nc1C(C)O. The molecule has 2 aromatic rings. The zero-order valence-electron chi connectivity index (χ0n) is 10.2. The van der Waals surface area contributed by atoms with Gasteiger partial charge in [-0.3, -0.25) is 0 Å². The Bertz CT molecular complexity index is 475. The van der Waals surface area contributed by atoms with Crippen molar-refractivity contribution in [2.45, 2.75) is 33.3 Å². The lowest BCUT2D eigenvalue weighted by atomic mass is 10.1. The average Bonchev–Trinajstić information content (AvgIpc) is 2.82. The van der Waals surface area contributed by atoms with Crippen molar-refractivity contribution in [3.63, 3.8) is 0 Å². The summed E-state index contributed by atoms with van der Waals surface area (Å²) in [6.07, 6.45) is 2.24. The van der Waals surface area contributed by atoms with Crippen LogP contribution in [0.1, 0.15) is 37.4 Å². The Morgan fingerprint density at radius 3 is 2.59 bits per heavy atom. The molecule has 0 saturated carbocycles. The van der Waals surface area contributed by atoms with E-state index in [0.717, 1.165) is 22.1 Å². The van der Waals surface area contributed by atoms with Gasteiger partial charge >= 0.3 is 0 Å². The van der Waals surface area contributed by atoms with Gasteiger partial charge in [-0.25, -0.2) is 9.97 Å². The van der Waals surface area contributed by atoms with Crippen LogP contribution in [0.15, 0.2) is 11.6 Å². The maximum atomic E-state index is 9.76. The molecule has 3 nitrogen and oxygen atoms in total. The lowest BCUT2D eigenvalue weighted by Gasteiger charge is -2.06. The van der Waals surface area contributed by atoms with Gasteiger partial charge in [-0.05, 0) is 19.3 Å². The molecule has 0 radical (unpaired) electrons. The van der Waals surface area contributed by atoms with Crippen molar-refractivity contribution in [1.29, 1.82) is 0 Å². The third-order valence-corrected chi connectivity index (χ3v) is 4.34. The fraction of sp³-hybridized carbons (Fsp3) is 0.500. The normalized spacial score (nSPS) is 13.2. The summed E-state index contributed by atoms with van der Waals surface area (Å²) in [6.45, 7) is 6.12. The molecule has 2 heterocycles. The Hall–Kier alpha value is -0.780. The summed E-state index contributed by atoms with van der Waals surface area (Å²) in [4.78, 5) is 9.97. The predicted octanol–water partition coefficient (Wildman–Crippen LogP) is 3.52. The van der Waals surface area contributed by atoms with E-state index in [4.69, 9.17) is 0 Å². The summed E-state index contributed by atoms with van der Waals surface area (Å²) >= 11 is 3.23. The summed E-state index contributed by atoms with van der Waals surface area (Å²) in [7, 11) is 0. The van der Waals surface area contributed by atoms with Crippen LogP contribution in [0.25, 0.3) is 10.0 Å². The number of hydrogen-bond acceptors (Lipinski definition) is 5. The Balaban J connectivity index is 2.37. The van der Waals surface area contributed by atoms with Gasteiger partial charge in [-0.15, -0.1) is 22.7 Å². The van der Waals surface area contributed by atoms with E-state index in [0.29, 0.717) is 5.92 Å². The quantitative estimate of drug-likeness (QED) is 0.923. The summed E-state index contributed by atoms with van der Waals surface area (Å²) < 4.78 is 0. The maximum Gasteiger partial charge on any atom is 0.152 e. The first kappa shape index (κ1) is 12.7. The Kier molecular flexibility index (Phi) is 3.91. The number of thiazole rings is 2. The minimum Gasteiger partial charge on any atom is -0.387 e. The van der Waals surface area contributed by atoms with Crippen molar-refractivity contribution in [3.05, 3.63) is 22.1 Å². The van der Waals surface area contributed by atoms with Gasteiger partial charge in [0.25, 0.3) is 0 Å². The van der Waals surface area contributed by atoms with E-state index in [-0.39, 0.29) is 0 Å². The van der Waals surface area contributed by atoms with Gasteiger partial charge in [0.05, 0.1) is 11.8 Å². The highest BCUT2D eigenvalue weighted by Gasteiger charge is 2.18. The Morgan fingerprint density at radius 2 is 2.06 bits per heavy atom. The topological polar surface area (TPSA) is 46.0 Å². The molecule has 1 unspecified atom stereocenters. The standard InChI is InChI=1S/C12H16N2OS2/c1-7(2)6-9-10(8(3)15)14-12(17-9)11-13-4-5-16-11/h4-5,7-8,15H,6H2,1-3H3. The second-order valence-electron chi connectivity index (χ2n) is 4.44. The molecule has 1 N–H and O–H groups in total. The predicted molar refractivity (Wildman–Crippen MR) is 72.4 cm³/mol. The van der Waals surface area contributed by atoms with Crippen LogP contribution >= 0.6 is 22.7 Å². The molecule has 0 aliphatic carbocycles. The van der Waals surface area contributed by atoms with Gasteiger partial charge in [-0.1, -0.05) is 13.8 Å². The minimum absolute atomic E-state index is 0.506. The van der Waals surface area contributed by atoms with Crippen molar-refractivity contribution >= 4 is 22.7 Å². The molecular weight excluding hydrogens is 252 g/mol. The number of hydrogen-bond donors (Lipinski definition) is 1. The van der Waals surface area contributed by atoms with Gasteiger partial charge in [-0.2, -0.15) is 0 Å². The molecule has 0 aliphatic rings. The zero-order chi connectivity index (χ0) is 12.4. The van der Waals surface area contributed by atoms with E-state index >= 15 is 0 Å². The Morgan fingerprint density at radius 1 is 1.29 bits per heavy atom. The van der Waals surface area contributed by atoms with Crippen LogP contribution < -0.4 is 0 Å². The summed E-state index contributed by atoms with van der Waals surface area (Å²) in [5.41, 5.74) is 0.814. The first-order valence-electron chi connectivity index (χ1n) is 5.65. The van der Waals surface area contributed by atoms with E-state index in [9.17, 15) is 5.11 Å². The van der Waals surface area contributed by atoms with Gasteiger partial charge in [0.2, 0.25) is 0 Å². The van der Waals surface area contributed by atoms with E-state index in [1.807, 2.05) is 5.38 Å². The third-order valence-electron chi connectivity index (χ3n) is 2.33. The third kappa shape index (κ3) is 2.91. The molecular formula is C12H16N2OS2. The maximum absolute atomic E-state index is 9.76. The number of rotatable bonds is 4. The number of aliphatic hydroxyl groups excluding tert-OH is 1. The molecule has 0 amide bonds. The molecule has 2 aromatic heterocycles. The molecule has 0 aliphatic heterocycles. The van der Waals surface area contributed by atoms with Crippen molar-refractivity contribution in [1.82, 2.24) is 9.97 Å². The molecule has 92 valence electrons. The van der Waals surface area contributed by atoms with Crippen LogP contribution in [0.3, 0.4) is 0 Å². The van der Waals surface area contributed by atoms with E-state index in [1.165, 1.54) is 4.88 Å². The average molecular weight is 268 g/mol. The van der Waals surface area contributed by atoms with Crippen molar-refractivity contribution in [2.24, 2.45) is 5.92 Å². The highest BCUT2D eigenvalue weighted by atomic mass is 32.1. The highest BCUT2D eigenvalue weighted by Crippen LogP contribution is 2.33. The second kappa shape index (κ2) is 5.25. The smallest absolute Gasteiger partial charge is 0.152 e. The zero-order valence-corrected chi connectivity index (χ0v) is 11.8. The van der Waals surface area contributed by atoms with Gasteiger partial charge < -0.3 is 5.11 Å². The molecule has 2 rings (SSSR count). The van der Waals surface area contributed by atoms with Crippen LogP contribution in [-0.4, -0.2) is 15.1 Å². The molecule has 1 atom stereocenters. The number of nitrogens with zero attached hydrogens (tertiary/aromatic N) is 2. The van der Waals surface area contributed by atoms with Gasteiger partial charge in [0.1, 0.15) is 0 Å². The lowest BCUT2D eigenvalue weighted by Crippen LogP contribution is -1.99. The summed E-state index contributed by atoms with van der Waals surface area (Å²) in [6, 6.07) is 0. The molecule has 0 spiro atoms. The van der Waals surface area contributed by atoms with Crippen LogP contribution in [-0.2, 0) is 6.42 Å². The molecule has 5 heteroatoms. The Labute approximate surface area is 109 Å². The van der Waals surface area contributed by atoms with Crippen LogP contribution in [0.5, 0.6) is 0 Å². The summed E-state index contributed by atoms with van der Waals surface area (Å²) in [5.74, 6) is 0.567. The van der Waals surface area contributed by atoms with E-state index < -0.39 is 6.10 Å². The first-order chi connectivity index (χ1) is 8.08. The number of aliphatic hydroxyl groups is 1. The molecule has 17 heavy (non-hydrogen) atoms.